The molecule has 0 radical (unpaired) electrons. The van der Waals surface area contributed by atoms with Crippen molar-refractivity contribution in [1.29, 1.82) is 0 Å². The standard InChI is InChI=1S/C11H13F4N/c1-16-7-6-9(11(13,14)15)8-4-2-3-5-10(8)12/h2-5,9,16H,6-7H2,1H3. The molecule has 0 aliphatic carbocycles. The maximum absolute atomic E-state index is 13.3. The average Bonchev–Trinajstić information content (AvgIpc) is 2.19. The highest BCUT2D eigenvalue weighted by molar-refractivity contribution is 5.23. The molecule has 1 N–H and O–H groups in total. The van der Waals surface area contributed by atoms with Crippen LogP contribution in [0, 0.1) is 5.82 Å². The van der Waals surface area contributed by atoms with E-state index in [0.29, 0.717) is 0 Å². The third kappa shape index (κ3) is 3.20. The molecule has 1 nitrogen and oxygen atoms in total. The van der Waals surface area contributed by atoms with Gasteiger partial charge in [-0.05, 0) is 31.6 Å². The molecule has 1 unspecified atom stereocenters. The number of nitrogens with one attached hydrogen (secondary N) is 1. The second kappa shape index (κ2) is 5.30. The van der Waals surface area contributed by atoms with Gasteiger partial charge in [-0.25, -0.2) is 4.39 Å². The number of alkyl halides is 3. The molecule has 0 fully saturated rings. The van der Waals surface area contributed by atoms with Crippen LogP contribution < -0.4 is 5.32 Å². The average molecular weight is 235 g/mol. The van der Waals surface area contributed by atoms with E-state index in [0.717, 1.165) is 6.07 Å². The summed E-state index contributed by atoms with van der Waals surface area (Å²) in [5.41, 5.74) is -0.287. The van der Waals surface area contributed by atoms with Gasteiger partial charge in [0.15, 0.2) is 0 Å². The first-order chi connectivity index (χ1) is 7.46. The van der Waals surface area contributed by atoms with Crippen LogP contribution in [0.5, 0.6) is 0 Å². The van der Waals surface area contributed by atoms with Gasteiger partial charge in [-0.2, -0.15) is 13.2 Å². The SMILES string of the molecule is CNCCC(c1ccccc1F)C(F)(F)F. The van der Waals surface area contributed by atoms with E-state index in [9.17, 15) is 17.6 Å². The van der Waals surface area contributed by atoms with E-state index in [4.69, 9.17) is 0 Å². The van der Waals surface area contributed by atoms with Crippen LogP contribution in [0.3, 0.4) is 0 Å². The van der Waals surface area contributed by atoms with Crippen LogP contribution in [0.4, 0.5) is 17.6 Å². The van der Waals surface area contributed by atoms with Crippen molar-refractivity contribution in [1.82, 2.24) is 5.32 Å². The predicted molar refractivity (Wildman–Crippen MR) is 53.7 cm³/mol. The highest BCUT2D eigenvalue weighted by Gasteiger charge is 2.41. The van der Waals surface area contributed by atoms with Crippen LogP contribution in [0.15, 0.2) is 24.3 Å². The van der Waals surface area contributed by atoms with E-state index < -0.39 is 17.9 Å². The summed E-state index contributed by atoms with van der Waals surface area (Å²) in [7, 11) is 1.56. The van der Waals surface area contributed by atoms with Crippen molar-refractivity contribution < 1.29 is 17.6 Å². The van der Waals surface area contributed by atoms with Crippen LogP contribution in [-0.4, -0.2) is 19.8 Å². The molecule has 1 aromatic rings. The lowest BCUT2D eigenvalue weighted by atomic mass is 9.94. The van der Waals surface area contributed by atoms with E-state index >= 15 is 0 Å². The van der Waals surface area contributed by atoms with Crippen LogP contribution in [0.2, 0.25) is 0 Å². The molecule has 90 valence electrons. The molecule has 0 spiro atoms. The molecule has 0 aliphatic heterocycles. The van der Waals surface area contributed by atoms with Crippen molar-refractivity contribution in [2.75, 3.05) is 13.6 Å². The van der Waals surface area contributed by atoms with Crippen LogP contribution in [0.1, 0.15) is 17.9 Å². The Morgan fingerprint density at radius 1 is 1.25 bits per heavy atom. The zero-order valence-corrected chi connectivity index (χ0v) is 8.81. The van der Waals surface area contributed by atoms with Gasteiger partial charge in [-0.1, -0.05) is 18.2 Å². The fraction of sp³-hybridized carbons (Fsp3) is 0.455. The van der Waals surface area contributed by atoms with Crippen molar-refractivity contribution in [2.24, 2.45) is 0 Å². The summed E-state index contributed by atoms with van der Waals surface area (Å²) < 4.78 is 51.4. The van der Waals surface area contributed by atoms with Gasteiger partial charge in [0.05, 0.1) is 5.92 Å². The Balaban J connectivity index is 2.97. The van der Waals surface area contributed by atoms with Crippen molar-refractivity contribution in [3.63, 3.8) is 0 Å². The quantitative estimate of drug-likeness (QED) is 0.791. The third-order valence-corrected chi connectivity index (χ3v) is 2.36. The Bertz CT molecular complexity index is 335. The van der Waals surface area contributed by atoms with Crippen LogP contribution >= 0.6 is 0 Å². The molecule has 5 heteroatoms. The predicted octanol–water partition coefficient (Wildman–Crippen LogP) is 3.08. The number of halogens is 4. The molecule has 0 saturated heterocycles. The fourth-order valence-corrected chi connectivity index (χ4v) is 1.54. The second-order valence-electron chi connectivity index (χ2n) is 3.51. The number of hydrogen-bond donors (Lipinski definition) is 1. The van der Waals surface area contributed by atoms with Gasteiger partial charge >= 0.3 is 6.18 Å². The number of benzene rings is 1. The Hall–Kier alpha value is -1.10. The minimum Gasteiger partial charge on any atom is -0.320 e. The van der Waals surface area contributed by atoms with E-state index in [1.165, 1.54) is 18.2 Å². The summed E-state index contributed by atoms with van der Waals surface area (Å²) in [5, 5.41) is 2.64. The van der Waals surface area contributed by atoms with Gasteiger partial charge in [0.2, 0.25) is 0 Å². The monoisotopic (exact) mass is 235 g/mol. The topological polar surface area (TPSA) is 12.0 Å². The largest absolute Gasteiger partial charge is 0.395 e. The Morgan fingerprint density at radius 2 is 1.88 bits per heavy atom. The molecule has 0 aliphatic rings. The molecule has 1 atom stereocenters. The lowest BCUT2D eigenvalue weighted by molar-refractivity contribution is -0.152. The summed E-state index contributed by atoms with van der Waals surface area (Å²) in [6.45, 7) is 0.193. The number of hydrogen-bond acceptors (Lipinski definition) is 1. The summed E-state index contributed by atoms with van der Waals surface area (Å²) in [6.07, 6.45) is -4.58. The summed E-state index contributed by atoms with van der Waals surface area (Å²) in [4.78, 5) is 0. The zero-order chi connectivity index (χ0) is 12.2. The van der Waals surface area contributed by atoms with Crippen molar-refractivity contribution in [2.45, 2.75) is 18.5 Å². The van der Waals surface area contributed by atoms with Gasteiger partial charge in [0.25, 0.3) is 0 Å². The second-order valence-corrected chi connectivity index (χ2v) is 3.51. The van der Waals surface area contributed by atoms with Crippen LogP contribution in [-0.2, 0) is 0 Å². The van der Waals surface area contributed by atoms with Gasteiger partial charge < -0.3 is 5.32 Å². The lowest BCUT2D eigenvalue weighted by Crippen LogP contribution is -2.25. The van der Waals surface area contributed by atoms with Crippen molar-refractivity contribution in [3.8, 4) is 0 Å². The summed E-state index contributed by atoms with van der Waals surface area (Å²) in [6, 6.07) is 5.03. The summed E-state index contributed by atoms with van der Waals surface area (Å²) >= 11 is 0. The highest BCUT2D eigenvalue weighted by Crippen LogP contribution is 2.38. The van der Waals surface area contributed by atoms with Gasteiger partial charge in [-0.3, -0.25) is 0 Å². The molecular weight excluding hydrogens is 222 g/mol. The van der Waals surface area contributed by atoms with E-state index in [-0.39, 0.29) is 18.5 Å². The molecule has 0 aromatic heterocycles. The van der Waals surface area contributed by atoms with E-state index in [2.05, 4.69) is 5.32 Å². The maximum atomic E-state index is 13.3. The van der Waals surface area contributed by atoms with Crippen molar-refractivity contribution in [3.05, 3.63) is 35.6 Å². The van der Waals surface area contributed by atoms with Gasteiger partial charge in [0, 0.05) is 0 Å². The first kappa shape index (κ1) is 13.0. The highest BCUT2D eigenvalue weighted by atomic mass is 19.4. The smallest absolute Gasteiger partial charge is 0.320 e. The van der Waals surface area contributed by atoms with E-state index in [1.54, 1.807) is 7.05 Å². The normalized spacial score (nSPS) is 13.8. The molecule has 1 aromatic carbocycles. The van der Waals surface area contributed by atoms with Crippen LogP contribution in [0.25, 0.3) is 0 Å². The van der Waals surface area contributed by atoms with Gasteiger partial charge in [-0.15, -0.1) is 0 Å². The Kier molecular flexibility index (Phi) is 4.29. The fourth-order valence-electron chi connectivity index (χ4n) is 1.54. The molecule has 1 rings (SSSR count). The number of rotatable bonds is 4. The first-order valence-corrected chi connectivity index (χ1v) is 4.92. The van der Waals surface area contributed by atoms with Gasteiger partial charge in [0.1, 0.15) is 5.82 Å². The Labute approximate surface area is 91.5 Å². The third-order valence-electron chi connectivity index (χ3n) is 2.36. The zero-order valence-electron chi connectivity index (χ0n) is 8.81. The molecule has 0 bridgehead atoms. The maximum Gasteiger partial charge on any atom is 0.395 e. The summed E-state index contributed by atoms with van der Waals surface area (Å²) in [5.74, 6) is -2.55. The molecular formula is C11H13F4N. The molecule has 0 heterocycles. The molecule has 0 amide bonds. The Morgan fingerprint density at radius 3 is 2.38 bits per heavy atom. The first-order valence-electron chi connectivity index (χ1n) is 4.92. The van der Waals surface area contributed by atoms with Crippen molar-refractivity contribution >= 4 is 0 Å². The molecule has 0 saturated carbocycles. The lowest BCUT2D eigenvalue weighted by Gasteiger charge is -2.20. The van der Waals surface area contributed by atoms with E-state index in [1.807, 2.05) is 0 Å². The minimum atomic E-state index is -4.42. The minimum absolute atomic E-state index is 0.166. The molecule has 16 heavy (non-hydrogen) atoms.